The highest BCUT2D eigenvalue weighted by molar-refractivity contribution is 7.47. The summed E-state index contributed by atoms with van der Waals surface area (Å²) in [4.78, 5) is 53.1. The number of phosphoric acid groups is 1. The van der Waals surface area contributed by atoms with Crippen molar-refractivity contribution in [3.63, 3.8) is 0 Å². The SMILES string of the molecule is Nc1nc2c(ncn2[C@@H]2O[C@@H]3COP(=O)(O)O[C@H]3[C@H]2O)c(=O)[nH]1.Nc1nc2c(ncn2[C@@H]2O[C@H](CO)[C@@H](O)[C@H]2O)c(=O)[nH]1. The van der Waals surface area contributed by atoms with Gasteiger partial charge in [-0.1, -0.05) is 0 Å². The zero-order valence-corrected chi connectivity index (χ0v) is 22.5. The summed E-state index contributed by atoms with van der Waals surface area (Å²) in [6.07, 6.45) is -6.07. The lowest BCUT2D eigenvalue weighted by molar-refractivity contribution is -0.0664. The van der Waals surface area contributed by atoms with Gasteiger partial charge in [0, 0.05) is 0 Å². The van der Waals surface area contributed by atoms with Crippen molar-refractivity contribution < 1.29 is 48.4 Å². The molecule has 0 amide bonds. The van der Waals surface area contributed by atoms with E-state index >= 15 is 0 Å². The lowest BCUT2D eigenvalue weighted by Crippen LogP contribution is -2.39. The number of fused-ring (bicyclic) bond motifs is 3. The van der Waals surface area contributed by atoms with Crippen LogP contribution in [0.5, 0.6) is 0 Å². The van der Waals surface area contributed by atoms with Gasteiger partial charge < -0.3 is 46.3 Å². The van der Waals surface area contributed by atoms with Gasteiger partial charge in [0.25, 0.3) is 11.1 Å². The number of rotatable bonds is 3. The van der Waals surface area contributed by atoms with E-state index in [1.54, 1.807) is 0 Å². The molecule has 0 aromatic carbocycles. The van der Waals surface area contributed by atoms with Crippen molar-refractivity contribution >= 4 is 42.0 Å². The van der Waals surface area contributed by atoms with Crippen molar-refractivity contribution in [2.45, 2.75) is 49.1 Å². The summed E-state index contributed by atoms with van der Waals surface area (Å²) in [5.41, 5.74) is 10.2. The summed E-state index contributed by atoms with van der Waals surface area (Å²) in [5, 5.41) is 39.1. The largest absolute Gasteiger partial charge is 0.472 e. The molecular formula is C20H25N10O12P. The van der Waals surface area contributed by atoms with Crippen molar-refractivity contribution in [2.75, 3.05) is 24.7 Å². The maximum Gasteiger partial charge on any atom is 0.472 e. The van der Waals surface area contributed by atoms with E-state index in [-0.39, 0.29) is 40.8 Å². The van der Waals surface area contributed by atoms with Gasteiger partial charge in [-0.2, -0.15) is 9.97 Å². The lowest BCUT2D eigenvalue weighted by Gasteiger charge is -2.27. The molecule has 1 unspecified atom stereocenters. The number of hydrogen-bond acceptors (Lipinski definition) is 17. The molecule has 23 heteroatoms. The number of aliphatic hydroxyl groups excluding tert-OH is 4. The second-order valence-corrected chi connectivity index (χ2v) is 11.1. The van der Waals surface area contributed by atoms with Crippen LogP contribution in [0.3, 0.4) is 0 Å². The normalized spacial score (nSPS) is 33.9. The van der Waals surface area contributed by atoms with E-state index in [1.165, 1.54) is 21.8 Å². The van der Waals surface area contributed by atoms with Crippen molar-refractivity contribution in [3.05, 3.63) is 33.4 Å². The van der Waals surface area contributed by atoms with Crippen LogP contribution < -0.4 is 22.6 Å². The molecule has 9 atom stereocenters. The molecule has 0 saturated carbocycles. The molecule has 3 aliphatic heterocycles. The van der Waals surface area contributed by atoms with Crippen LogP contribution >= 0.6 is 7.82 Å². The molecule has 0 radical (unpaired) electrons. The van der Waals surface area contributed by atoms with Crippen LogP contribution in [0.2, 0.25) is 0 Å². The molecule has 3 aliphatic rings. The zero-order chi connectivity index (χ0) is 30.8. The van der Waals surface area contributed by atoms with Crippen LogP contribution in [0, 0.1) is 0 Å². The predicted molar refractivity (Wildman–Crippen MR) is 139 cm³/mol. The average Bonchev–Trinajstić information content (AvgIpc) is 3.69. The number of hydrogen-bond donors (Lipinski definition) is 9. The highest BCUT2D eigenvalue weighted by Gasteiger charge is 2.52. The van der Waals surface area contributed by atoms with Crippen LogP contribution in [0.4, 0.5) is 11.9 Å². The molecule has 3 saturated heterocycles. The third-order valence-corrected chi connectivity index (χ3v) is 7.92. The van der Waals surface area contributed by atoms with E-state index in [2.05, 4.69) is 34.4 Å². The van der Waals surface area contributed by atoms with Crippen LogP contribution in [-0.2, 0) is 23.1 Å². The van der Waals surface area contributed by atoms with Crippen molar-refractivity contribution in [1.82, 2.24) is 39.0 Å². The second kappa shape index (κ2) is 10.7. The smallest absolute Gasteiger partial charge is 0.394 e. The van der Waals surface area contributed by atoms with Gasteiger partial charge in [0.05, 0.1) is 25.9 Å². The molecule has 4 aromatic rings. The fraction of sp³-hybridized carbons (Fsp3) is 0.500. The molecule has 7 rings (SSSR count). The highest BCUT2D eigenvalue weighted by Crippen LogP contribution is 2.52. The van der Waals surface area contributed by atoms with Crippen molar-refractivity contribution in [1.29, 1.82) is 0 Å². The monoisotopic (exact) mass is 628 g/mol. The molecule has 0 spiro atoms. The summed E-state index contributed by atoms with van der Waals surface area (Å²) in [6.45, 7) is -0.660. The second-order valence-electron chi connectivity index (χ2n) is 9.67. The molecule has 22 nitrogen and oxygen atoms in total. The quantitative estimate of drug-likeness (QED) is 0.0970. The van der Waals surface area contributed by atoms with Crippen LogP contribution in [-0.4, -0.2) is 114 Å². The molecule has 4 aromatic heterocycles. The Bertz CT molecular complexity index is 1840. The minimum absolute atomic E-state index is 0.0230. The van der Waals surface area contributed by atoms with Gasteiger partial charge >= 0.3 is 7.82 Å². The standard InChI is InChI=1S/C10H12N5O7P.C10H13N5O5/c11-10-13-7-4(8(17)14-10)12-2-15(7)9-5(16)6-3(21-9)1-20-23(18,19)22-6;11-10-13-7-4(8(19)14-10)12-2-15(7)9-6(18)5(17)3(1-16)20-9/h2-3,5-6,9,16H,1H2,(H,18,19)(H3,11,13,14,17);2-3,5-6,9,16-18H,1H2,(H3,11,13,14,19)/t2*3-,5-,6-,9-/m11/s1. The molecule has 11 N–H and O–H groups in total. The van der Waals surface area contributed by atoms with Gasteiger partial charge in [0.2, 0.25) is 11.9 Å². The number of aromatic amines is 2. The Hall–Kier alpha value is -3.83. The summed E-state index contributed by atoms with van der Waals surface area (Å²) < 4.78 is 34.5. The maximum absolute atomic E-state index is 11.8. The fourth-order valence-electron chi connectivity index (χ4n) is 4.93. The topological polar surface area (TPSA) is 334 Å². The van der Waals surface area contributed by atoms with E-state index in [1.807, 2.05) is 0 Å². The van der Waals surface area contributed by atoms with Crippen LogP contribution in [0.25, 0.3) is 22.3 Å². The van der Waals surface area contributed by atoms with E-state index in [4.69, 9.17) is 30.6 Å². The van der Waals surface area contributed by atoms with Gasteiger partial charge in [-0.15, -0.1) is 0 Å². The minimum atomic E-state index is -4.22. The first-order valence-corrected chi connectivity index (χ1v) is 13.9. The van der Waals surface area contributed by atoms with Gasteiger partial charge in [-0.25, -0.2) is 14.5 Å². The Kier molecular flexibility index (Phi) is 7.29. The number of aromatic nitrogens is 8. The minimum Gasteiger partial charge on any atom is -0.394 e. The Morgan fingerprint density at radius 2 is 1.44 bits per heavy atom. The van der Waals surface area contributed by atoms with Gasteiger partial charge in [-0.05, 0) is 0 Å². The summed E-state index contributed by atoms with van der Waals surface area (Å²) in [5.74, 6) is -0.218. The van der Waals surface area contributed by atoms with E-state index in [0.717, 1.165) is 0 Å². The van der Waals surface area contributed by atoms with Crippen LogP contribution in [0.15, 0.2) is 22.2 Å². The maximum atomic E-state index is 11.8. The lowest BCUT2D eigenvalue weighted by atomic mass is 10.1. The Morgan fingerprint density at radius 3 is 1.95 bits per heavy atom. The Morgan fingerprint density at radius 1 is 0.907 bits per heavy atom. The Balaban J connectivity index is 0.000000155. The van der Waals surface area contributed by atoms with Gasteiger partial charge in [0.1, 0.15) is 36.6 Å². The first-order valence-electron chi connectivity index (χ1n) is 12.4. The molecule has 7 heterocycles. The Labute approximate surface area is 237 Å². The van der Waals surface area contributed by atoms with E-state index in [0.29, 0.717) is 0 Å². The molecule has 232 valence electrons. The number of aliphatic hydroxyl groups is 4. The first kappa shape index (κ1) is 29.3. The van der Waals surface area contributed by atoms with E-state index < -0.39 is 74.6 Å². The van der Waals surface area contributed by atoms with Crippen molar-refractivity contribution in [2.24, 2.45) is 0 Å². The predicted octanol–water partition coefficient (Wildman–Crippen LogP) is -4.21. The van der Waals surface area contributed by atoms with Gasteiger partial charge in [0.15, 0.2) is 34.8 Å². The number of ether oxygens (including phenoxy) is 2. The zero-order valence-electron chi connectivity index (χ0n) is 21.6. The molecular weight excluding hydrogens is 603 g/mol. The third-order valence-electron chi connectivity index (χ3n) is 6.93. The average molecular weight is 628 g/mol. The molecule has 0 aliphatic carbocycles. The highest BCUT2D eigenvalue weighted by atomic mass is 31.2. The third kappa shape index (κ3) is 5.08. The number of anilines is 2. The van der Waals surface area contributed by atoms with Crippen molar-refractivity contribution in [3.8, 4) is 0 Å². The van der Waals surface area contributed by atoms with Crippen LogP contribution in [0.1, 0.15) is 12.5 Å². The number of nitrogens with one attached hydrogen (secondary N) is 2. The van der Waals surface area contributed by atoms with E-state index in [9.17, 15) is 34.4 Å². The number of H-pyrrole nitrogens is 2. The fourth-order valence-corrected chi connectivity index (χ4v) is 5.90. The number of imidazole rings is 2. The summed E-state index contributed by atoms with van der Waals surface area (Å²) >= 11 is 0. The number of nitrogens with zero attached hydrogens (tertiary/aromatic N) is 6. The summed E-state index contributed by atoms with van der Waals surface area (Å²) in [6, 6.07) is 0. The summed E-state index contributed by atoms with van der Waals surface area (Å²) in [7, 11) is -4.22. The number of phosphoric ester groups is 1. The number of nitrogens with two attached hydrogens (primary N) is 2. The molecule has 43 heavy (non-hydrogen) atoms. The number of nitrogen functional groups attached to an aromatic ring is 2. The molecule has 0 bridgehead atoms. The van der Waals surface area contributed by atoms with Gasteiger partial charge in [-0.3, -0.25) is 37.7 Å². The molecule has 3 fully saturated rings. The first-order chi connectivity index (χ1) is 20.4.